The number of halogens is 6. The van der Waals surface area contributed by atoms with E-state index in [1.807, 2.05) is 0 Å². The number of alkyl halides is 6. The maximum absolute atomic E-state index is 11.8. The number of hydrogen-bond acceptors (Lipinski definition) is 5. The van der Waals surface area contributed by atoms with Crippen molar-refractivity contribution in [3.63, 3.8) is 0 Å². The molecule has 0 aliphatic carbocycles. The summed E-state index contributed by atoms with van der Waals surface area (Å²) in [5.41, 5.74) is 0.744. The number of esters is 1. The van der Waals surface area contributed by atoms with Gasteiger partial charge in [0.05, 0.1) is 5.56 Å². The van der Waals surface area contributed by atoms with E-state index in [2.05, 4.69) is 20.9 Å². The molecule has 11 heteroatoms. The minimum atomic E-state index is -1.96. The minimum absolute atomic E-state index is 0.0891. The second-order valence-electron chi connectivity index (χ2n) is 4.66. The average molecular weight is 474 g/mol. The molecule has 1 aromatic carbocycles. The third kappa shape index (κ3) is 5.50. The fourth-order valence-corrected chi connectivity index (χ4v) is 2.21. The fraction of sp³-hybridized carbons (Fsp3) is 0.200. The molecule has 0 unspecified atom stereocenters. The largest absolute Gasteiger partial charge is 0.449 e. The van der Waals surface area contributed by atoms with Gasteiger partial charge in [-0.25, -0.2) is 19.7 Å². The standard InChI is InChI=1S/C15H7Cl6N3O2/c1-2-7-26-11(25)9-5-3-8(4-6-9)10-22-12(14(16,17)18)24-13(23-10)15(19,20)21/h1,3-6H,7H2. The Kier molecular flexibility index (Phi) is 6.84. The second kappa shape index (κ2) is 8.35. The molecule has 0 saturated carbocycles. The lowest BCUT2D eigenvalue weighted by atomic mass is 10.1. The Morgan fingerprint density at radius 2 is 1.46 bits per heavy atom. The maximum atomic E-state index is 11.8. The highest BCUT2D eigenvalue weighted by Gasteiger charge is 2.34. The monoisotopic (exact) mass is 471 g/mol. The molecule has 0 spiro atoms. The summed E-state index contributed by atoms with van der Waals surface area (Å²) in [6.07, 6.45) is 5.04. The van der Waals surface area contributed by atoms with Crippen molar-refractivity contribution in [1.82, 2.24) is 15.0 Å². The van der Waals surface area contributed by atoms with Crippen LogP contribution < -0.4 is 0 Å². The van der Waals surface area contributed by atoms with Crippen LogP contribution in [0.2, 0.25) is 0 Å². The molecule has 0 atom stereocenters. The van der Waals surface area contributed by atoms with Crippen LogP contribution in [0.25, 0.3) is 11.4 Å². The van der Waals surface area contributed by atoms with Crippen LogP contribution in [0.15, 0.2) is 24.3 Å². The number of ether oxygens (including phenoxy) is 1. The average Bonchev–Trinajstić information content (AvgIpc) is 2.58. The SMILES string of the molecule is C#CCOC(=O)c1ccc(-c2nc(C(Cl)(Cl)Cl)nc(C(Cl)(Cl)Cl)n2)cc1. The highest BCUT2D eigenvalue weighted by Crippen LogP contribution is 2.40. The van der Waals surface area contributed by atoms with Gasteiger partial charge in [-0.3, -0.25) is 0 Å². The van der Waals surface area contributed by atoms with Gasteiger partial charge in [-0.15, -0.1) is 6.42 Å². The van der Waals surface area contributed by atoms with Crippen molar-refractivity contribution in [2.24, 2.45) is 0 Å². The van der Waals surface area contributed by atoms with Crippen LogP contribution >= 0.6 is 69.6 Å². The topological polar surface area (TPSA) is 65.0 Å². The first-order valence-corrected chi connectivity index (χ1v) is 8.90. The molecule has 0 bridgehead atoms. The lowest BCUT2D eigenvalue weighted by Gasteiger charge is -2.15. The summed E-state index contributed by atoms with van der Waals surface area (Å²) >= 11 is 35.0. The lowest BCUT2D eigenvalue weighted by Crippen LogP contribution is -2.16. The van der Waals surface area contributed by atoms with Crippen molar-refractivity contribution in [2.75, 3.05) is 6.61 Å². The van der Waals surface area contributed by atoms with Crippen LogP contribution in [0, 0.1) is 12.3 Å². The highest BCUT2D eigenvalue weighted by atomic mass is 35.6. The van der Waals surface area contributed by atoms with Gasteiger partial charge in [0.2, 0.25) is 7.59 Å². The molecule has 0 aliphatic rings. The van der Waals surface area contributed by atoms with Crippen molar-refractivity contribution >= 4 is 75.6 Å². The van der Waals surface area contributed by atoms with Gasteiger partial charge in [0.25, 0.3) is 0 Å². The molecule has 0 saturated heterocycles. The number of rotatable bonds is 3. The van der Waals surface area contributed by atoms with Gasteiger partial charge in [-0.2, -0.15) is 0 Å². The lowest BCUT2D eigenvalue weighted by molar-refractivity contribution is 0.0557. The van der Waals surface area contributed by atoms with Gasteiger partial charge < -0.3 is 4.74 Å². The van der Waals surface area contributed by atoms with E-state index in [9.17, 15) is 4.79 Å². The Morgan fingerprint density at radius 3 is 1.88 bits per heavy atom. The van der Waals surface area contributed by atoms with E-state index in [4.69, 9.17) is 80.8 Å². The minimum Gasteiger partial charge on any atom is -0.449 e. The summed E-state index contributed by atoms with van der Waals surface area (Å²) in [4.78, 5) is 23.8. The van der Waals surface area contributed by atoms with Gasteiger partial charge in [0.1, 0.15) is 0 Å². The van der Waals surface area contributed by atoms with Crippen molar-refractivity contribution in [3.8, 4) is 23.7 Å². The molecule has 0 radical (unpaired) electrons. The third-order valence-electron chi connectivity index (χ3n) is 2.81. The fourth-order valence-electron chi connectivity index (χ4n) is 1.70. The van der Waals surface area contributed by atoms with Gasteiger partial charge >= 0.3 is 5.97 Å². The van der Waals surface area contributed by atoms with E-state index in [-0.39, 0.29) is 29.6 Å². The second-order valence-corrected chi connectivity index (χ2v) is 9.22. The van der Waals surface area contributed by atoms with E-state index >= 15 is 0 Å². The van der Waals surface area contributed by atoms with Gasteiger partial charge in [0.15, 0.2) is 24.1 Å². The molecule has 2 rings (SSSR count). The summed E-state index contributed by atoms with van der Waals surface area (Å²) in [5.74, 6) is 1.28. The summed E-state index contributed by atoms with van der Waals surface area (Å²) in [7, 11) is 0. The zero-order valence-electron chi connectivity index (χ0n) is 12.5. The Morgan fingerprint density at radius 1 is 0.962 bits per heavy atom. The van der Waals surface area contributed by atoms with Crippen LogP contribution in [-0.4, -0.2) is 27.5 Å². The number of hydrogen-bond donors (Lipinski definition) is 0. The van der Waals surface area contributed by atoms with Crippen molar-refractivity contribution in [3.05, 3.63) is 41.5 Å². The molecular formula is C15H7Cl6N3O2. The number of carbonyl (C=O) groups is 1. The molecular weight excluding hydrogens is 467 g/mol. The van der Waals surface area contributed by atoms with Gasteiger partial charge in [0, 0.05) is 5.56 Å². The van der Waals surface area contributed by atoms with Crippen LogP contribution in [0.1, 0.15) is 22.0 Å². The van der Waals surface area contributed by atoms with Gasteiger partial charge in [-0.1, -0.05) is 87.7 Å². The summed E-state index contributed by atoms with van der Waals surface area (Å²) < 4.78 is 0.915. The Hall–Kier alpha value is -1.000. The van der Waals surface area contributed by atoms with Gasteiger partial charge in [-0.05, 0) is 12.1 Å². The highest BCUT2D eigenvalue weighted by molar-refractivity contribution is 6.67. The molecule has 5 nitrogen and oxygen atoms in total. The first kappa shape index (κ1) is 21.3. The zero-order chi connectivity index (χ0) is 19.5. The molecule has 136 valence electrons. The zero-order valence-corrected chi connectivity index (χ0v) is 17.1. The molecule has 26 heavy (non-hydrogen) atoms. The molecule has 0 fully saturated rings. The first-order chi connectivity index (χ1) is 12.0. The van der Waals surface area contributed by atoms with Crippen LogP contribution in [-0.2, 0) is 12.3 Å². The van der Waals surface area contributed by atoms with E-state index in [0.717, 1.165) is 0 Å². The summed E-state index contributed by atoms with van der Waals surface area (Å²) in [6, 6.07) is 6.07. The normalized spacial score (nSPS) is 11.7. The molecule has 1 aromatic heterocycles. The molecule has 0 aliphatic heterocycles. The predicted molar refractivity (Wildman–Crippen MR) is 103 cm³/mol. The third-order valence-corrected chi connectivity index (χ3v) is 3.82. The predicted octanol–water partition coefficient (Wildman–Crippen LogP) is 4.98. The maximum Gasteiger partial charge on any atom is 0.339 e. The summed E-state index contributed by atoms with van der Waals surface area (Å²) in [6.45, 7) is -0.132. The molecule has 0 amide bonds. The number of terminal acetylenes is 1. The van der Waals surface area contributed by atoms with E-state index in [0.29, 0.717) is 5.56 Å². The summed E-state index contributed by atoms with van der Waals surface area (Å²) in [5, 5.41) is 0. The number of benzene rings is 1. The van der Waals surface area contributed by atoms with E-state index in [1.165, 1.54) is 12.1 Å². The van der Waals surface area contributed by atoms with Crippen molar-refractivity contribution < 1.29 is 9.53 Å². The molecule has 2 aromatic rings. The number of carbonyl (C=O) groups excluding carboxylic acids is 1. The van der Waals surface area contributed by atoms with E-state index in [1.54, 1.807) is 12.1 Å². The number of aromatic nitrogens is 3. The van der Waals surface area contributed by atoms with Crippen LogP contribution in [0.4, 0.5) is 0 Å². The van der Waals surface area contributed by atoms with Crippen molar-refractivity contribution in [2.45, 2.75) is 7.59 Å². The number of nitrogens with zero attached hydrogens (tertiary/aromatic N) is 3. The van der Waals surface area contributed by atoms with Crippen LogP contribution in [0.5, 0.6) is 0 Å². The quantitative estimate of drug-likeness (QED) is 0.357. The Labute approximate surface area is 178 Å². The molecule has 1 heterocycles. The van der Waals surface area contributed by atoms with Crippen molar-refractivity contribution in [1.29, 1.82) is 0 Å². The Balaban J connectivity index is 2.44. The Bertz CT molecular complexity index is 821. The molecule has 0 N–H and O–H groups in total. The van der Waals surface area contributed by atoms with Crippen LogP contribution in [0.3, 0.4) is 0 Å². The smallest absolute Gasteiger partial charge is 0.339 e. The first-order valence-electron chi connectivity index (χ1n) is 6.64. The van der Waals surface area contributed by atoms with E-state index < -0.39 is 13.6 Å².